The van der Waals surface area contributed by atoms with Crippen LogP contribution < -0.4 is 5.32 Å². The second-order valence-corrected chi connectivity index (χ2v) is 5.36. The maximum absolute atomic E-state index is 13.2. The van der Waals surface area contributed by atoms with Crippen LogP contribution >= 0.6 is 0 Å². The van der Waals surface area contributed by atoms with Crippen LogP contribution in [0.4, 0.5) is 10.1 Å². The molecule has 2 unspecified atom stereocenters. The summed E-state index contributed by atoms with van der Waals surface area (Å²) in [6.07, 6.45) is 1.17. The molecule has 0 amide bonds. The Labute approximate surface area is 107 Å². The zero-order valence-electron chi connectivity index (χ0n) is 11.0. The highest BCUT2D eigenvalue weighted by atomic mass is 19.1. The Hall–Kier alpha value is -1.29. The normalized spacial score (nSPS) is 25.6. The zero-order chi connectivity index (χ0) is 13.3. The number of benzene rings is 1. The van der Waals surface area contributed by atoms with E-state index in [0.717, 1.165) is 6.42 Å². The van der Waals surface area contributed by atoms with Crippen LogP contribution in [0.1, 0.15) is 27.2 Å². The van der Waals surface area contributed by atoms with E-state index in [-0.39, 0.29) is 23.3 Å². The zero-order valence-corrected chi connectivity index (χ0v) is 11.0. The van der Waals surface area contributed by atoms with Gasteiger partial charge in [-0.3, -0.25) is 0 Å². The van der Waals surface area contributed by atoms with E-state index < -0.39 is 5.82 Å². The van der Waals surface area contributed by atoms with E-state index in [0.29, 0.717) is 12.3 Å². The Morgan fingerprint density at radius 2 is 2.22 bits per heavy atom. The maximum atomic E-state index is 13.2. The first-order valence-corrected chi connectivity index (χ1v) is 6.31. The molecule has 1 saturated carbocycles. The van der Waals surface area contributed by atoms with Crippen molar-refractivity contribution in [3.05, 3.63) is 24.0 Å². The summed E-state index contributed by atoms with van der Waals surface area (Å²) in [6, 6.07) is 4.63. The lowest BCUT2D eigenvalue weighted by molar-refractivity contribution is -0.0976. The highest BCUT2D eigenvalue weighted by Crippen LogP contribution is 2.44. The van der Waals surface area contributed by atoms with Gasteiger partial charge in [0.15, 0.2) is 11.6 Å². The second kappa shape index (κ2) is 4.76. The molecule has 2 atom stereocenters. The van der Waals surface area contributed by atoms with Gasteiger partial charge in [-0.1, -0.05) is 13.8 Å². The van der Waals surface area contributed by atoms with Gasteiger partial charge in [-0.05, 0) is 25.5 Å². The van der Waals surface area contributed by atoms with Crippen molar-refractivity contribution in [1.29, 1.82) is 0 Å². The highest BCUT2D eigenvalue weighted by Gasteiger charge is 2.48. The van der Waals surface area contributed by atoms with E-state index in [1.807, 2.05) is 6.92 Å². The summed E-state index contributed by atoms with van der Waals surface area (Å²) in [4.78, 5) is 0. The van der Waals surface area contributed by atoms with E-state index >= 15 is 0 Å². The first-order chi connectivity index (χ1) is 8.45. The van der Waals surface area contributed by atoms with Crippen LogP contribution in [0.3, 0.4) is 0 Å². The van der Waals surface area contributed by atoms with Gasteiger partial charge in [0, 0.05) is 29.8 Å². The summed E-state index contributed by atoms with van der Waals surface area (Å²) >= 11 is 0. The van der Waals surface area contributed by atoms with Gasteiger partial charge in [-0.25, -0.2) is 4.39 Å². The van der Waals surface area contributed by atoms with E-state index in [4.69, 9.17) is 9.84 Å². The molecular weight excluding hydrogens is 233 g/mol. The van der Waals surface area contributed by atoms with Gasteiger partial charge < -0.3 is 15.2 Å². The molecule has 1 fully saturated rings. The van der Waals surface area contributed by atoms with Gasteiger partial charge in [0.2, 0.25) is 0 Å². The highest BCUT2D eigenvalue weighted by molar-refractivity contribution is 5.48. The lowest BCUT2D eigenvalue weighted by atomic mass is 9.64. The molecule has 3 nitrogen and oxygen atoms in total. The number of ether oxygens (including phenoxy) is 1. The number of hydrogen-bond acceptors (Lipinski definition) is 3. The molecule has 0 spiro atoms. The minimum absolute atomic E-state index is 0.0321. The van der Waals surface area contributed by atoms with Crippen LogP contribution in [0.15, 0.2) is 18.2 Å². The number of aromatic hydroxyl groups is 1. The van der Waals surface area contributed by atoms with E-state index in [9.17, 15) is 4.39 Å². The van der Waals surface area contributed by atoms with Gasteiger partial charge >= 0.3 is 0 Å². The molecule has 0 aliphatic heterocycles. The van der Waals surface area contributed by atoms with Crippen molar-refractivity contribution >= 4 is 5.69 Å². The monoisotopic (exact) mass is 253 g/mol. The summed E-state index contributed by atoms with van der Waals surface area (Å²) in [5.41, 5.74) is 0.725. The quantitative estimate of drug-likeness (QED) is 0.810. The van der Waals surface area contributed by atoms with Crippen molar-refractivity contribution in [2.45, 2.75) is 39.3 Å². The minimum atomic E-state index is -0.599. The molecule has 0 aromatic heterocycles. The predicted molar refractivity (Wildman–Crippen MR) is 69.3 cm³/mol. The summed E-state index contributed by atoms with van der Waals surface area (Å²) in [5, 5.41) is 12.4. The van der Waals surface area contributed by atoms with Crippen molar-refractivity contribution in [2.75, 3.05) is 11.9 Å². The average Bonchev–Trinajstić information content (AvgIpc) is 2.32. The maximum Gasteiger partial charge on any atom is 0.166 e. The largest absolute Gasteiger partial charge is 0.505 e. The number of rotatable bonds is 4. The van der Waals surface area contributed by atoms with Crippen molar-refractivity contribution < 1.29 is 14.2 Å². The molecule has 0 heterocycles. The Bertz CT molecular complexity index is 434. The number of hydrogen-bond donors (Lipinski definition) is 2. The van der Waals surface area contributed by atoms with Crippen LogP contribution in [0.25, 0.3) is 0 Å². The number of nitrogens with one attached hydrogen (secondary N) is 1. The van der Waals surface area contributed by atoms with Crippen molar-refractivity contribution in [3.8, 4) is 5.75 Å². The topological polar surface area (TPSA) is 41.5 Å². The number of anilines is 1. The van der Waals surface area contributed by atoms with E-state index in [1.165, 1.54) is 12.1 Å². The minimum Gasteiger partial charge on any atom is -0.505 e. The molecule has 0 bridgehead atoms. The SMILES string of the molecule is CCOC1CC(Nc2ccc(O)c(F)c2)C1(C)C. The Morgan fingerprint density at radius 3 is 2.78 bits per heavy atom. The molecule has 1 aliphatic rings. The lowest BCUT2D eigenvalue weighted by Crippen LogP contribution is -2.58. The standard InChI is InChI=1S/C14H20FNO2/c1-4-18-13-8-12(14(13,2)3)16-9-5-6-11(17)10(15)7-9/h5-7,12-13,16-17H,4,8H2,1-3H3. The summed E-state index contributed by atoms with van der Waals surface area (Å²) in [5.74, 6) is -0.917. The van der Waals surface area contributed by atoms with Crippen LogP contribution in [-0.4, -0.2) is 23.9 Å². The van der Waals surface area contributed by atoms with Crippen LogP contribution in [-0.2, 0) is 4.74 Å². The molecular formula is C14H20FNO2. The molecule has 2 rings (SSSR count). The molecule has 100 valence electrons. The van der Waals surface area contributed by atoms with E-state index in [1.54, 1.807) is 6.07 Å². The second-order valence-electron chi connectivity index (χ2n) is 5.36. The van der Waals surface area contributed by atoms with Crippen molar-refractivity contribution in [3.63, 3.8) is 0 Å². The fraction of sp³-hybridized carbons (Fsp3) is 0.571. The summed E-state index contributed by atoms with van der Waals surface area (Å²) in [7, 11) is 0. The molecule has 1 aromatic carbocycles. The smallest absolute Gasteiger partial charge is 0.166 e. The van der Waals surface area contributed by atoms with Gasteiger partial charge in [-0.2, -0.15) is 0 Å². The fourth-order valence-corrected chi connectivity index (χ4v) is 2.41. The Kier molecular flexibility index (Phi) is 3.48. The predicted octanol–water partition coefficient (Wildman–Crippen LogP) is 3.15. The number of halogens is 1. The molecule has 2 N–H and O–H groups in total. The third-order valence-electron chi connectivity index (χ3n) is 3.83. The fourth-order valence-electron chi connectivity index (χ4n) is 2.41. The van der Waals surface area contributed by atoms with Gasteiger partial charge in [0.25, 0.3) is 0 Å². The van der Waals surface area contributed by atoms with E-state index in [2.05, 4.69) is 19.2 Å². The first kappa shape index (κ1) is 13.1. The van der Waals surface area contributed by atoms with Gasteiger partial charge in [0.05, 0.1) is 6.10 Å². The molecule has 1 aromatic rings. The molecule has 18 heavy (non-hydrogen) atoms. The molecule has 0 radical (unpaired) electrons. The lowest BCUT2D eigenvalue weighted by Gasteiger charge is -2.52. The van der Waals surface area contributed by atoms with Gasteiger partial charge in [0.1, 0.15) is 0 Å². The average molecular weight is 253 g/mol. The molecule has 4 heteroatoms. The summed E-state index contributed by atoms with van der Waals surface area (Å²) in [6.45, 7) is 7.00. The number of phenols is 1. The van der Waals surface area contributed by atoms with Crippen LogP contribution in [0.2, 0.25) is 0 Å². The van der Waals surface area contributed by atoms with Crippen molar-refractivity contribution in [2.24, 2.45) is 5.41 Å². The third kappa shape index (κ3) is 2.29. The van der Waals surface area contributed by atoms with Crippen LogP contribution in [0.5, 0.6) is 5.75 Å². The van der Waals surface area contributed by atoms with Crippen molar-refractivity contribution in [1.82, 2.24) is 0 Å². The number of phenolic OH excluding ortho intramolecular Hbond substituents is 1. The molecule has 1 aliphatic carbocycles. The molecule has 0 saturated heterocycles. The summed E-state index contributed by atoms with van der Waals surface area (Å²) < 4.78 is 18.9. The Balaban J connectivity index is 2.01. The third-order valence-corrected chi connectivity index (χ3v) is 3.83. The van der Waals surface area contributed by atoms with Gasteiger partial charge in [-0.15, -0.1) is 0 Å². The first-order valence-electron chi connectivity index (χ1n) is 6.31. The Morgan fingerprint density at radius 1 is 1.50 bits per heavy atom. The van der Waals surface area contributed by atoms with Crippen LogP contribution in [0, 0.1) is 11.2 Å².